The van der Waals surface area contributed by atoms with Gasteiger partial charge in [0.25, 0.3) is 0 Å². The molecule has 1 aromatic carbocycles. The van der Waals surface area contributed by atoms with Gasteiger partial charge in [-0.25, -0.2) is 8.78 Å². The third-order valence-corrected chi connectivity index (χ3v) is 2.73. The van der Waals surface area contributed by atoms with Crippen molar-refractivity contribution in [1.82, 2.24) is 0 Å². The average molecular weight is 321 g/mol. The number of esters is 1. The van der Waals surface area contributed by atoms with Crippen LogP contribution in [0.5, 0.6) is 0 Å². The number of rotatable bonds is 5. The van der Waals surface area contributed by atoms with Crippen LogP contribution in [-0.4, -0.2) is 18.4 Å². The van der Waals surface area contributed by atoms with Crippen LogP contribution in [0.3, 0.4) is 0 Å². The highest BCUT2D eigenvalue weighted by molar-refractivity contribution is 9.10. The van der Waals surface area contributed by atoms with Gasteiger partial charge in [0.05, 0.1) is 11.1 Å². The lowest BCUT2D eigenvalue weighted by Gasteiger charge is -2.04. The van der Waals surface area contributed by atoms with Gasteiger partial charge in [0.2, 0.25) is 0 Å². The summed E-state index contributed by atoms with van der Waals surface area (Å²) in [5.41, 5.74) is -0.0787. The van der Waals surface area contributed by atoms with Crippen molar-refractivity contribution in [3.63, 3.8) is 0 Å². The quantitative estimate of drug-likeness (QED) is 0.476. The molecule has 0 heterocycles. The lowest BCUT2D eigenvalue weighted by molar-refractivity contribution is -0.145. The molecule has 0 spiro atoms. The SMILES string of the molecule is CCOC(=O)CC(=O)Cc1cc(F)c(Br)cc1F. The number of hydrogen-bond acceptors (Lipinski definition) is 3. The molecule has 0 amide bonds. The van der Waals surface area contributed by atoms with Crippen LogP contribution in [0, 0.1) is 11.6 Å². The lowest BCUT2D eigenvalue weighted by Crippen LogP contribution is -2.13. The summed E-state index contributed by atoms with van der Waals surface area (Å²) in [5.74, 6) is -2.54. The van der Waals surface area contributed by atoms with Crippen molar-refractivity contribution >= 4 is 27.7 Å². The number of ketones is 1. The Hall–Kier alpha value is -1.30. The van der Waals surface area contributed by atoms with Crippen LogP contribution in [0.2, 0.25) is 0 Å². The second-order valence-electron chi connectivity index (χ2n) is 3.55. The molecule has 3 nitrogen and oxygen atoms in total. The number of carbonyl (C=O) groups is 2. The molecule has 0 atom stereocenters. The van der Waals surface area contributed by atoms with E-state index in [-0.39, 0.29) is 23.1 Å². The molecule has 18 heavy (non-hydrogen) atoms. The first-order valence-electron chi connectivity index (χ1n) is 5.24. The fourth-order valence-electron chi connectivity index (χ4n) is 1.35. The van der Waals surface area contributed by atoms with Gasteiger partial charge in [0.1, 0.15) is 23.8 Å². The van der Waals surface area contributed by atoms with E-state index in [9.17, 15) is 18.4 Å². The van der Waals surface area contributed by atoms with Crippen molar-refractivity contribution in [3.05, 3.63) is 33.8 Å². The summed E-state index contributed by atoms with van der Waals surface area (Å²) >= 11 is 2.83. The molecule has 1 aromatic rings. The Morgan fingerprint density at radius 3 is 2.56 bits per heavy atom. The Labute approximate surface area is 111 Å². The topological polar surface area (TPSA) is 43.4 Å². The summed E-state index contributed by atoms with van der Waals surface area (Å²) in [5, 5.41) is 0. The third kappa shape index (κ3) is 4.18. The van der Waals surface area contributed by atoms with E-state index >= 15 is 0 Å². The fraction of sp³-hybridized carbons (Fsp3) is 0.333. The van der Waals surface area contributed by atoms with Crippen molar-refractivity contribution in [2.45, 2.75) is 19.8 Å². The molecule has 1 rings (SSSR count). The Bertz CT molecular complexity index is 475. The normalized spacial score (nSPS) is 10.2. The molecule has 0 radical (unpaired) electrons. The first-order chi connectivity index (χ1) is 8.43. The van der Waals surface area contributed by atoms with E-state index in [0.717, 1.165) is 12.1 Å². The summed E-state index contributed by atoms with van der Waals surface area (Å²) in [6.45, 7) is 1.79. The number of halogens is 3. The van der Waals surface area contributed by atoms with Gasteiger partial charge in [0.15, 0.2) is 0 Å². The maximum atomic E-state index is 13.4. The highest BCUT2D eigenvalue weighted by Crippen LogP contribution is 2.20. The summed E-state index contributed by atoms with van der Waals surface area (Å²) in [6, 6.07) is 1.88. The Morgan fingerprint density at radius 2 is 1.94 bits per heavy atom. The zero-order valence-corrected chi connectivity index (χ0v) is 11.2. The van der Waals surface area contributed by atoms with Crippen LogP contribution in [0.4, 0.5) is 8.78 Å². The molecule has 0 unspecified atom stereocenters. The molecule has 6 heteroatoms. The number of benzene rings is 1. The minimum Gasteiger partial charge on any atom is -0.466 e. The van der Waals surface area contributed by atoms with Crippen molar-refractivity contribution in [3.8, 4) is 0 Å². The van der Waals surface area contributed by atoms with Gasteiger partial charge < -0.3 is 4.74 Å². The molecular weight excluding hydrogens is 310 g/mol. The highest BCUT2D eigenvalue weighted by atomic mass is 79.9. The van der Waals surface area contributed by atoms with Gasteiger partial charge in [-0.2, -0.15) is 0 Å². The second-order valence-corrected chi connectivity index (χ2v) is 4.41. The Balaban J connectivity index is 2.70. The van der Waals surface area contributed by atoms with Crippen molar-refractivity contribution in [2.75, 3.05) is 6.61 Å². The van der Waals surface area contributed by atoms with Crippen LogP contribution < -0.4 is 0 Å². The fourth-order valence-corrected chi connectivity index (χ4v) is 1.66. The van der Waals surface area contributed by atoms with Gasteiger partial charge >= 0.3 is 5.97 Å². The maximum Gasteiger partial charge on any atom is 0.313 e. The van der Waals surface area contributed by atoms with Gasteiger partial charge in [-0.15, -0.1) is 0 Å². The standard InChI is InChI=1S/C12H11BrF2O3/c1-2-18-12(17)5-8(16)3-7-4-11(15)9(13)6-10(7)14/h4,6H,2-3,5H2,1H3. The molecule has 0 N–H and O–H groups in total. The minimum atomic E-state index is -0.694. The summed E-state index contributed by atoms with van der Waals surface area (Å²) in [4.78, 5) is 22.5. The van der Waals surface area contributed by atoms with Crippen molar-refractivity contribution in [2.24, 2.45) is 0 Å². The van der Waals surface area contributed by atoms with Crippen LogP contribution >= 0.6 is 15.9 Å². The molecule has 0 aromatic heterocycles. The number of Topliss-reactive ketones (excluding diaryl/α,β-unsaturated/α-hetero) is 1. The van der Waals surface area contributed by atoms with E-state index in [2.05, 4.69) is 20.7 Å². The molecule has 0 aliphatic carbocycles. The molecule has 0 aliphatic rings. The van der Waals surface area contributed by atoms with E-state index in [1.165, 1.54) is 0 Å². The van der Waals surface area contributed by atoms with Crippen molar-refractivity contribution < 1.29 is 23.1 Å². The van der Waals surface area contributed by atoms with E-state index in [1.54, 1.807) is 6.92 Å². The second kappa shape index (κ2) is 6.58. The molecule has 0 saturated heterocycles. The molecule has 0 saturated carbocycles. The smallest absolute Gasteiger partial charge is 0.313 e. The summed E-state index contributed by atoms with van der Waals surface area (Å²) in [6.07, 6.45) is -0.778. The van der Waals surface area contributed by atoms with E-state index in [4.69, 9.17) is 0 Å². The molecule has 0 aliphatic heterocycles. The van der Waals surface area contributed by atoms with E-state index in [1.807, 2.05) is 0 Å². The monoisotopic (exact) mass is 320 g/mol. The van der Waals surface area contributed by atoms with Crippen LogP contribution in [-0.2, 0) is 20.7 Å². The maximum absolute atomic E-state index is 13.4. The van der Waals surface area contributed by atoms with Crippen molar-refractivity contribution in [1.29, 1.82) is 0 Å². The minimum absolute atomic E-state index is 0.0124. The lowest BCUT2D eigenvalue weighted by atomic mass is 10.1. The van der Waals surface area contributed by atoms with E-state index in [0.29, 0.717) is 0 Å². The predicted octanol–water partition coefficient (Wildman–Crippen LogP) is 2.79. The summed E-state index contributed by atoms with van der Waals surface area (Å²) < 4.78 is 31.2. The average Bonchev–Trinajstić information content (AvgIpc) is 2.26. The summed E-state index contributed by atoms with van der Waals surface area (Å²) in [7, 11) is 0. The first-order valence-corrected chi connectivity index (χ1v) is 6.04. The predicted molar refractivity (Wildman–Crippen MR) is 64.0 cm³/mol. The zero-order chi connectivity index (χ0) is 13.7. The van der Waals surface area contributed by atoms with Crippen LogP contribution in [0.15, 0.2) is 16.6 Å². The zero-order valence-electron chi connectivity index (χ0n) is 9.63. The van der Waals surface area contributed by atoms with Gasteiger partial charge in [-0.3, -0.25) is 9.59 Å². The Kier molecular flexibility index (Phi) is 5.40. The van der Waals surface area contributed by atoms with E-state index < -0.39 is 29.8 Å². The third-order valence-electron chi connectivity index (χ3n) is 2.12. The first kappa shape index (κ1) is 14.8. The van der Waals surface area contributed by atoms with Crippen LogP contribution in [0.25, 0.3) is 0 Å². The molecule has 0 bridgehead atoms. The molecular formula is C12H11BrF2O3. The van der Waals surface area contributed by atoms with Crippen LogP contribution in [0.1, 0.15) is 18.9 Å². The largest absolute Gasteiger partial charge is 0.466 e. The molecule has 0 fully saturated rings. The van der Waals surface area contributed by atoms with Gasteiger partial charge in [0, 0.05) is 6.42 Å². The number of carbonyl (C=O) groups excluding carboxylic acids is 2. The van der Waals surface area contributed by atoms with Gasteiger partial charge in [-0.05, 0) is 40.5 Å². The number of ether oxygens (including phenoxy) is 1. The number of hydrogen-bond donors (Lipinski definition) is 0. The van der Waals surface area contributed by atoms with Gasteiger partial charge in [-0.1, -0.05) is 0 Å². The Morgan fingerprint density at radius 1 is 1.28 bits per heavy atom. The molecule has 98 valence electrons. The highest BCUT2D eigenvalue weighted by Gasteiger charge is 2.15.